The van der Waals surface area contributed by atoms with Gasteiger partial charge in [0, 0.05) is 18.9 Å². The molecular formula is C14H18N2O3. The topological polar surface area (TPSA) is 73.6 Å². The van der Waals surface area contributed by atoms with E-state index in [1.165, 1.54) is 0 Å². The molecule has 0 spiro atoms. The molecule has 0 radical (unpaired) electrons. The van der Waals surface area contributed by atoms with Crippen molar-refractivity contribution in [2.45, 2.75) is 12.3 Å². The smallest absolute Gasteiger partial charge is 0.231 e. The van der Waals surface area contributed by atoms with Crippen molar-refractivity contribution >= 4 is 5.91 Å². The Bertz CT molecular complexity index is 474. The molecule has 1 aromatic rings. The highest BCUT2D eigenvalue weighted by molar-refractivity contribution is 5.77. The maximum absolute atomic E-state index is 11.7. The van der Waals surface area contributed by atoms with E-state index < -0.39 is 0 Å². The molecule has 1 heterocycles. The summed E-state index contributed by atoms with van der Waals surface area (Å²) in [5, 5.41) is 2.75. The molecule has 5 heteroatoms. The first-order valence-corrected chi connectivity index (χ1v) is 6.21. The molecule has 0 saturated heterocycles. The highest BCUT2D eigenvalue weighted by Crippen LogP contribution is 2.35. The lowest BCUT2D eigenvalue weighted by Crippen LogP contribution is -2.27. The fourth-order valence-electron chi connectivity index (χ4n) is 1.99. The van der Waals surface area contributed by atoms with Crippen LogP contribution in [0.3, 0.4) is 0 Å². The van der Waals surface area contributed by atoms with E-state index in [1.54, 1.807) is 6.08 Å². The van der Waals surface area contributed by atoms with Gasteiger partial charge in [-0.3, -0.25) is 4.79 Å². The van der Waals surface area contributed by atoms with Crippen molar-refractivity contribution in [2.75, 3.05) is 19.9 Å². The van der Waals surface area contributed by atoms with Gasteiger partial charge in [-0.05, 0) is 24.2 Å². The third-order valence-corrected chi connectivity index (χ3v) is 3.03. The summed E-state index contributed by atoms with van der Waals surface area (Å²) < 4.78 is 10.6. The summed E-state index contributed by atoms with van der Waals surface area (Å²) in [7, 11) is 0. The molecule has 2 rings (SSSR count). The summed E-state index contributed by atoms with van der Waals surface area (Å²) in [6.07, 6.45) is 2.00. The summed E-state index contributed by atoms with van der Waals surface area (Å²) in [5.74, 6) is 1.38. The van der Waals surface area contributed by atoms with E-state index in [-0.39, 0.29) is 18.6 Å². The van der Waals surface area contributed by atoms with Crippen LogP contribution < -0.4 is 20.5 Å². The molecule has 0 aromatic heterocycles. The lowest BCUT2D eigenvalue weighted by Gasteiger charge is -2.15. The summed E-state index contributed by atoms with van der Waals surface area (Å²) in [6.45, 7) is 4.67. The SMILES string of the molecule is C=CCNC(=O)CC(CN)c1ccc2c(c1)OCO2. The predicted octanol–water partition coefficient (Wildman–Crippen LogP) is 1.15. The standard InChI is InChI=1S/C14H18N2O3/c1-2-5-16-14(17)7-11(8-15)10-3-4-12-13(6-10)19-9-18-12/h2-4,6,11H,1,5,7-9,15H2,(H,16,17). The monoisotopic (exact) mass is 262 g/mol. The molecule has 1 aliphatic rings. The second kappa shape index (κ2) is 6.24. The Balaban J connectivity index is 2.04. The first-order valence-electron chi connectivity index (χ1n) is 6.21. The zero-order chi connectivity index (χ0) is 13.7. The van der Waals surface area contributed by atoms with Crippen molar-refractivity contribution < 1.29 is 14.3 Å². The third kappa shape index (κ3) is 3.26. The van der Waals surface area contributed by atoms with Crippen LogP contribution in [0.5, 0.6) is 11.5 Å². The van der Waals surface area contributed by atoms with E-state index in [0.717, 1.165) is 11.3 Å². The Labute approximate surface area is 112 Å². The van der Waals surface area contributed by atoms with E-state index >= 15 is 0 Å². The lowest BCUT2D eigenvalue weighted by molar-refractivity contribution is -0.121. The van der Waals surface area contributed by atoms with E-state index in [0.29, 0.717) is 25.3 Å². The van der Waals surface area contributed by atoms with Gasteiger partial charge >= 0.3 is 0 Å². The summed E-state index contributed by atoms with van der Waals surface area (Å²) >= 11 is 0. The number of hydrogen-bond donors (Lipinski definition) is 2. The minimum Gasteiger partial charge on any atom is -0.454 e. The van der Waals surface area contributed by atoms with Crippen LogP contribution in [0.2, 0.25) is 0 Å². The van der Waals surface area contributed by atoms with Crippen LogP contribution in [0.4, 0.5) is 0 Å². The van der Waals surface area contributed by atoms with Crippen LogP contribution >= 0.6 is 0 Å². The number of amides is 1. The molecule has 1 aromatic carbocycles. The molecule has 19 heavy (non-hydrogen) atoms. The Morgan fingerprint density at radius 2 is 2.26 bits per heavy atom. The first kappa shape index (κ1) is 13.4. The number of ether oxygens (including phenoxy) is 2. The van der Waals surface area contributed by atoms with Crippen molar-refractivity contribution in [3.63, 3.8) is 0 Å². The van der Waals surface area contributed by atoms with Crippen LogP contribution in [-0.2, 0) is 4.79 Å². The predicted molar refractivity (Wildman–Crippen MR) is 72.2 cm³/mol. The molecule has 0 aliphatic carbocycles. The molecule has 0 bridgehead atoms. The fraction of sp³-hybridized carbons (Fsp3) is 0.357. The normalized spacial score (nSPS) is 13.9. The molecule has 1 amide bonds. The summed E-state index contributed by atoms with van der Waals surface area (Å²) in [4.78, 5) is 11.7. The molecule has 1 unspecified atom stereocenters. The van der Waals surface area contributed by atoms with Gasteiger partial charge < -0.3 is 20.5 Å². The van der Waals surface area contributed by atoms with Crippen LogP contribution in [0.15, 0.2) is 30.9 Å². The van der Waals surface area contributed by atoms with E-state index in [1.807, 2.05) is 18.2 Å². The first-order chi connectivity index (χ1) is 9.24. The average molecular weight is 262 g/mol. The number of rotatable bonds is 6. The Morgan fingerprint density at radius 3 is 3.00 bits per heavy atom. The van der Waals surface area contributed by atoms with Gasteiger partial charge in [-0.25, -0.2) is 0 Å². The number of carbonyl (C=O) groups is 1. The Morgan fingerprint density at radius 1 is 1.47 bits per heavy atom. The van der Waals surface area contributed by atoms with Crippen molar-refractivity contribution in [3.05, 3.63) is 36.4 Å². The number of hydrogen-bond acceptors (Lipinski definition) is 4. The molecule has 0 saturated carbocycles. The zero-order valence-corrected chi connectivity index (χ0v) is 10.7. The molecule has 1 atom stereocenters. The lowest BCUT2D eigenvalue weighted by atomic mass is 9.95. The number of fused-ring (bicyclic) bond motifs is 1. The maximum atomic E-state index is 11.7. The van der Waals surface area contributed by atoms with Crippen molar-refractivity contribution in [1.82, 2.24) is 5.32 Å². The van der Waals surface area contributed by atoms with Gasteiger partial charge in [0.05, 0.1) is 0 Å². The molecule has 102 valence electrons. The quantitative estimate of drug-likeness (QED) is 0.754. The summed E-state index contributed by atoms with van der Waals surface area (Å²) in [5.41, 5.74) is 6.74. The van der Waals surface area contributed by atoms with Crippen molar-refractivity contribution in [3.8, 4) is 11.5 Å². The van der Waals surface area contributed by atoms with Gasteiger partial charge in [0.1, 0.15) is 0 Å². The molecule has 0 fully saturated rings. The molecule has 3 N–H and O–H groups in total. The maximum Gasteiger partial charge on any atom is 0.231 e. The van der Waals surface area contributed by atoms with Crippen LogP contribution in [0.1, 0.15) is 17.9 Å². The number of carbonyl (C=O) groups excluding carboxylic acids is 1. The van der Waals surface area contributed by atoms with Gasteiger partial charge in [0.15, 0.2) is 11.5 Å². The van der Waals surface area contributed by atoms with E-state index in [4.69, 9.17) is 15.2 Å². The number of nitrogens with one attached hydrogen (secondary N) is 1. The molecule has 1 aliphatic heterocycles. The van der Waals surface area contributed by atoms with Gasteiger partial charge in [0.25, 0.3) is 0 Å². The van der Waals surface area contributed by atoms with Crippen LogP contribution in [-0.4, -0.2) is 25.8 Å². The van der Waals surface area contributed by atoms with Gasteiger partial charge in [-0.1, -0.05) is 12.1 Å². The average Bonchev–Trinajstić information content (AvgIpc) is 2.89. The zero-order valence-electron chi connectivity index (χ0n) is 10.7. The van der Waals surface area contributed by atoms with Crippen LogP contribution in [0, 0.1) is 0 Å². The Kier molecular flexibility index (Phi) is 4.41. The second-order valence-electron chi connectivity index (χ2n) is 4.34. The van der Waals surface area contributed by atoms with Gasteiger partial charge in [0.2, 0.25) is 12.7 Å². The van der Waals surface area contributed by atoms with E-state index in [2.05, 4.69) is 11.9 Å². The summed E-state index contributed by atoms with van der Waals surface area (Å²) in [6, 6.07) is 5.66. The highest BCUT2D eigenvalue weighted by Gasteiger charge is 2.19. The van der Waals surface area contributed by atoms with Gasteiger partial charge in [-0.2, -0.15) is 0 Å². The number of benzene rings is 1. The minimum atomic E-state index is -0.0342. The molecule has 5 nitrogen and oxygen atoms in total. The van der Waals surface area contributed by atoms with Crippen molar-refractivity contribution in [1.29, 1.82) is 0 Å². The third-order valence-electron chi connectivity index (χ3n) is 3.03. The second-order valence-corrected chi connectivity index (χ2v) is 4.34. The molecular weight excluding hydrogens is 244 g/mol. The highest BCUT2D eigenvalue weighted by atomic mass is 16.7. The van der Waals surface area contributed by atoms with Crippen molar-refractivity contribution in [2.24, 2.45) is 5.73 Å². The van der Waals surface area contributed by atoms with Crippen LogP contribution in [0.25, 0.3) is 0 Å². The Hall–Kier alpha value is -2.01. The largest absolute Gasteiger partial charge is 0.454 e. The van der Waals surface area contributed by atoms with Gasteiger partial charge in [-0.15, -0.1) is 6.58 Å². The van der Waals surface area contributed by atoms with E-state index in [9.17, 15) is 4.79 Å². The minimum absolute atomic E-state index is 0.0284. The number of nitrogens with two attached hydrogens (primary N) is 1. The fourth-order valence-corrected chi connectivity index (χ4v) is 1.99.